The minimum absolute atomic E-state index is 0.135. The summed E-state index contributed by atoms with van der Waals surface area (Å²) < 4.78 is 33.8. The van der Waals surface area contributed by atoms with Crippen molar-refractivity contribution in [2.24, 2.45) is 11.7 Å². The summed E-state index contributed by atoms with van der Waals surface area (Å²) in [6, 6.07) is 4.70. The van der Waals surface area contributed by atoms with Gasteiger partial charge in [0.25, 0.3) is 0 Å². The first kappa shape index (κ1) is 16.7. The number of rotatable bonds is 6. The molecule has 0 bridgehead atoms. The molecule has 1 aliphatic rings. The van der Waals surface area contributed by atoms with Crippen LogP contribution in [0.4, 0.5) is 0 Å². The smallest absolute Gasteiger partial charge is 0.244 e. The van der Waals surface area contributed by atoms with Crippen molar-refractivity contribution in [2.75, 3.05) is 13.7 Å². The molecule has 1 fully saturated rings. The third-order valence-corrected chi connectivity index (χ3v) is 5.95. The fraction of sp³-hybridized carbons (Fsp3) is 0.571. The highest BCUT2D eigenvalue weighted by Crippen LogP contribution is 2.30. The topological polar surface area (TPSA) is 81.4 Å². The van der Waals surface area contributed by atoms with Gasteiger partial charge in [-0.2, -0.15) is 0 Å². The van der Waals surface area contributed by atoms with Gasteiger partial charge in [0, 0.05) is 17.1 Å². The molecule has 1 atom stereocenters. The summed E-state index contributed by atoms with van der Waals surface area (Å²) >= 11 is 3.30. The summed E-state index contributed by atoms with van der Waals surface area (Å²) in [4.78, 5) is 0.135. The highest BCUT2D eigenvalue weighted by atomic mass is 79.9. The summed E-state index contributed by atoms with van der Waals surface area (Å²) in [7, 11) is -2.20. The molecule has 1 unspecified atom stereocenters. The molecule has 1 aromatic carbocycles. The number of hydrogen-bond acceptors (Lipinski definition) is 4. The van der Waals surface area contributed by atoms with Crippen LogP contribution < -0.4 is 15.2 Å². The van der Waals surface area contributed by atoms with Crippen molar-refractivity contribution in [3.05, 3.63) is 22.7 Å². The number of ether oxygens (including phenoxy) is 1. The Bertz CT molecular complexity index is 586. The molecule has 1 aliphatic carbocycles. The van der Waals surface area contributed by atoms with E-state index in [1.165, 1.54) is 7.11 Å². The standard InChI is InChI=1S/C14H21BrN2O3S/c1-20-13-7-6-11(15)8-14(13)21(18,19)17-12(9-16)10-4-2-3-5-10/h6-8,10,12,17H,2-5,9,16H2,1H3. The first-order valence-electron chi connectivity index (χ1n) is 7.04. The molecule has 7 heteroatoms. The summed E-state index contributed by atoms with van der Waals surface area (Å²) in [6.07, 6.45) is 4.34. The molecule has 0 radical (unpaired) electrons. The molecule has 0 amide bonds. The van der Waals surface area contributed by atoms with E-state index < -0.39 is 10.0 Å². The Labute approximate surface area is 134 Å². The van der Waals surface area contributed by atoms with Crippen LogP contribution in [0.5, 0.6) is 5.75 Å². The van der Waals surface area contributed by atoms with Crippen molar-refractivity contribution in [1.82, 2.24) is 4.72 Å². The zero-order valence-corrected chi connectivity index (χ0v) is 14.4. The van der Waals surface area contributed by atoms with Crippen molar-refractivity contribution in [2.45, 2.75) is 36.6 Å². The molecular formula is C14H21BrN2O3S. The van der Waals surface area contributed by atoms with Crippen LogP contribution in [-0.2, 0) is 10.0 Å². The van der Waals surface area contributed by atoms with E-state index in [0.29, 0.717) is 22.7 Å². The Morgan fingerprint density at radius 1 is 1.43 bits per heavy atom. The molecule has 0 heterocycles. The van der Waals surface area contributed by atoms with Gasteiger partial charge in [-0.05, 0) is 37.0 Å². The lowest BCUT2D eigenvalue weighted by Crippen LogP contribution is -2.44. The fourth-order valence-corrected chi connectivity index (χ4v) is 4.85. The minimum atomic E-state index is -3.66. The maximum atomic E-state index is 12.6. The third kappa shape index (κ3) is 3.97. The maximum Gasteiger partial charge on any atom is 0.244 e. The van der Waals surface area contributed by atoms with Gasteiger partial charge < -0.3 is 10.5 Å². The van der Waals surface area contributed by atoms with Crippen LogP contribution in [0.15, 0.2) is 27.6 Å². The van der Waals surface area contributed by atoms with Crippen LogP contribution in [0.25, 0.3) is 0 Å². The summed E-state index contributed by atoms with van der Waals surface area (Å²) in [5.74, 6) is 0.649. The Balaban J connectivity index is 2.26. The first-order chi connectivity index (χ1) is 9.97. The van der Waals surface area contributed by atoms with Crippen LogP contribution in [0, 0.1) is 5.92 Å². The predicted octanol–water partition coefficient (Wildman–Crippen LogP) is 2.25. The van der Waals surface area contributed by atoms with Gasteiger partial charge in [-0.3, -0.25) is 0 Å². The van der Waals surface area contributed by atoms with Crippen LogP contribution in [0.2, 0.25) is 0 Å². The van der Waals surface area contributed by atoms with E-state index in [9.17, 15) is 8.42 Å². The highest BCUT2D eigenvalue weighted by molar-refractivity contribution is 9.10. The monoisotopic (exact) mass is 376 g/mol. The van der Waals surface area contributed by atoms with Gasteiger partial charge in [-0.25, -0.2) is 13.1 Å². The number of benzene rings is 1. The van der Waals surface area contributed by atoms with Crippen molar-refractivity contribution in [3.63, 3.8) is 0 Å². The average molecular weight is 377 g/mol. The summed E-state index contributed by atoms with van der Waals surface area (Å²) in [5, 5.41) is 0. The fourth-order valence-electron chi connectivity index (χ4n) is 2.82. The first-order valence-corrected chi connectivity index (χ1v) is 9.31. The largest absolute Gasteiger partial charge is 0.495 e. The van der Waals surface area contributed by atoms with Crippen molar-refractivity contribution < 1.29 is 13.2 Å². The molecule has 5 nitrogen and oxygen atoms in total. The van der Waals surface area contributed by atoms with Crippen LogP contribution in [0.3, 0.4) is 0 Å². The van der Waals surface area contributed by atoms with Crippen LogP contribution in [0.1, 0.15) is 25.7 Å². The Hall–Kier alpha value is -0.630. The number of nitrogens with two attached hydrogens (primary N) is 1. The van der Waals surface area contributed by atoms with Crippen molar-refractivity contribution in [3.8, 4) is 5.75 Å². The van der Waals surface area contributed by atoms with Gasteiger partial charge in [0.15, 0.2) is 0 Å². The molecule has 1 saturated carbocycles. The SMILES string of the molecule is COc1ccc(Br)cc1S(=O)(=O)NC(CN)C1CCCC1. The summed E-state index contributed by atoms with van der Waals surface area (Å²) in [5.41, 5.74) is 5.77. The minimum Gasteiger partial charge on any atom is -0.495 e. The van der Waals surface area contributed by atoms with E-state index in [1.54, 1.807) is 18.2 Å². The van der Waals surface area contributed by atoms with E-state index in [-0.39, 0.29) is 10.9 Å². The quantitative estimate of drug-likeness (QED) is 0.797. The molecule has 0 aliphatic heterocycles. The van der Waals surface area contributed by atoms with E-state index in [1.807, 2.05) is 0 Å². The number of hydrogen-bond donors (Lipinski definition) is 2. The van der Waals surface area contributed by atoms with Gasteiger partial charge in [-0.15, -0.1) is 0 Å². The zero-order valence-electron chi connectivity index (χ0n) is 12.0. The van der Waals surface area contributed by atoms with Gasteiger partial charge in [-0.1, -0.05) is 28.8 Å². The van der Waals surface area contributed by atoms with Crippen LogP contribution >= 0.6 is 15.9 Å². The van der Waals surface area contributed by atoms with Gasteiger partial charge in [0.2, 0.25) is 10.0 Å². The van der Waals surface area contributed by atoms with Crippen molar-refractivity contribution >= 4 is 26.0 Å². The lowest BCUT2D eigenvalue weighted by Gasteiger charge is -2.23. The molecule has 0 saturated heterocycles. The molecule has 3 N–H and O–H groups in total. The Morgan fingerprint density at radius 2 is 2.10 bits per heavy atom. The summed E-state index contributed by atoms with van der Waals surface area (Å²) in [6.45, 7) is 0.306. The maximum absolute atomic E-state index is 12.6. The number of halogens is 1. The molecule has 2 rings (SSSR count). The van der Waals surface area contributed by atoms with Crippen LogP contribution in [-0.4, -0.2) is 28.1 Å². The zero-order chi connectivity index (χ0) is 15.5. The third-order valence-electron chi connectivity index (χ3n) is 3.94. The predicted molar refractivity (Wildman–Crippen MR) is 85.8 cm³/mol. The van der Waals surface area contributed by atoms with E-state index >= 15 is 0 Å². The molecule has 0 aromatic heterocycles. The second-order valence-electron chi connectivity index (χ2n) is 5.30. The second-order valence-corrected chi connectivity index (χ2v) is 7.90. The number of sulfonamides is 1. The molecule has 0 spiro atoms. The molecular weight excluding hydrogens is 356 g/mol. The molecule has 118 valence electrons. The normalized spacial score (nSPS) is 17.9. The van der Waals surface area contributed by atoms with Gasteiger partial charge >= 0.3 is 0 Å². The highest BCUT2D eigenvalue weighted by Gasteiger charge is 2.29. The lowest BCUT2D eigenvalue weighted by molar-refractivity contribution is 0.394. The average Bonchev–Trinajstić information content (AvgIpc) is 2.99. The van der Waals surface area contributed by atoms with Gasteiger partial charge in [0.1, 0.15) is 10.6 Å². The number of methoxy groups -OCH3 is 1. The van der Waals surface area contributed by atoms with E-state index in [2.05, 4.69) is 20.7 Å². The van der Waals surface area contributed by atoms with Gasteiger partial charge in [0.05, 0.1) is 7.11 Å². The number of nitrogens with one attached hydrogen (secondary N) is 1. The molecule has 21 heavy (non-hydrogen) atoms. The Kier molecular flexibility index (Phi) is 5.65. The van der Waals surface area contributed by atoms with E-state index in [0.717, 1.165) is 25.7 Å². The lowest BCUT2D eigenvalue weighted by atomic mass is 9.99. The van der Waals surface area contributed by atoms with E-state index in [4.69, 9.17) is 10.5 Å². The second kappa shape index (κ2) is 7.09. The van der Waals surface area contributed by atoms with Crippen molar-refractivity contribution in [1.29, 1.82) is 0 Å². The molecule has 1 aromatic rings. The Morgan fingerprint density at radius 3 is 2.67 bits per heavy atom.